The van der Waals surface area contributed by atoms with Crippen LogP contribution in [0.25, 0.3) is 10.9 Å². The molecular weight excluding hydrogens is 347 g/mol. The van der Waals surface area contributed by atoms with Gasteiger partial charge in [0.05, 0.1) is 0 Å². The van der Waals surface area contributed by atoms with Gasteiger partial charge in [0.2, 0.25) is 0 Å². The molecule has 0 amide bonds. The van der Waals surface area contributed by atoms with Crippen molar-refractivity contribution in [2.24, 2.45) is 0 Å². The number of fused-ring (bicyclic) bond motifs is 1. The molecule has 0 aliphatic heterocycles. The summed E-state index contributed by atoms with van der Waals surface area (Å²) in [7, 11) is 4.01. The third-order valence-electron chi connectivity index (χ3n) is 3.60. The average molecular weight is 362 g/mol. The predicted octanol–water partition coefficient (Wildman–Crippen LogP) is 2.71. The fraction of sp³-hybridized carbons (Fsp3) is 0.111. The Morgan fingerprint density at radius 2 is 2.00 bits per heavy atom. The van der Waals surface area contributed by atoms with Crippen LogP contribution >= 0.6 is 0 Å². The number of aromatic nitrogens is 1. The molecule has 112 valence electrons. The minimum atomic E-state index is 0.533. The van der Waals surface area contributed by atoms with E-state index in [1.807, 2.05) is 55.4 Å². The van der Waals surface area contributed by atoms with Crippen molar-refractivity contribution < 1.29 is 0 Å². The van der Waals surface area contributed by atoms with Crippen LogP contribution in [0.4, 0.5) is 17.1 Å². The summed E-state index contributed by atoms with van der Waals surface area (Å²) < 4.78 is 1.08. The summed E-state index contributed by atoms with van der Waals surface area (Å²) >= 11 is 2.52. The Hall–Kier alpha value is -2.50. The van der Waals surface area contributed by atoms with Crippen LogP contribution in [0.2, 0.25) is 0 Å². The predicted molar refractivity (Wildman–Crippen MR) is 95.9 cm³/mol. The minimum absolute atomic E-state index is 0.533. The first-order valence-corrected chi connectivity index (χ1v) is 8.08. The summed E-state index contributed by atoms with van der Waals surface area (Å²) in [6.45, 7) is 0. The molecule has 1 N–H and O–H groups in total. The van der Waals surface area contributed by atoms with Crippen molar-refractivity contribution in [2.75, 3.05) is 24.3 Å². The molecule has 2 radical (unpaired) electrons. The molecule has 0 aliphatic rings. The van der Waals surface area contributed by atoms with Crippen LogP contribution in [0.5, 0.6) is 0 Å². The van der Waals surface area contributed by atoms with Crippen LogP contribution < -0.4 is 14.6 Å². The van der Waals surface area contributed by atoms with Gasteiger partial charge in [-0.2, -0.15) is 0 Å². The summed E-state index contributed by atoms with van der Waals surface area (Å²) in [5.74, 6) is 0. The Balaban J connectivity index is 2.13. The molecular formula is C18H15AsN4. The van der Waals surface area contributed by atoms with Gasteiger partial charge in [-0.1, -0.05) is 0 Å². The molecule has 1 aromatic heterocycles. The second-order valence-electron chi connectivity index (χ2n) is 5.43. The molecule has 0 bridgehead atoms. The third kappa shape index (κ3) is 3.16. The van der Waals surface area contributed by atoms with Gasteiger partial charge in [-0.05, 0) is 0 Å². The van der Waals surface area contributed by atoms with E-state index >= 15 is 0 Å². The van der Waals surface area contributed by atoms with E-state index in [2.05, 4.69) is 39.3 Å². The fourth-order valence-corrected chi connectivity index (χ4v) is 2.83. The van der Waals surface area contributed by atoms with E-state index in [-0.39, 0.29) is 0 Å². The van der Waals surface area contributed by atoms with Crippen molar-refractivity contribution in [3.05, 3.63) is 54.2 Å². The van der Waals surface area contributed by atoms with E-state index in [1.54, 1.807) is 6.20 Å². The summed E-state index contributed by atoms with van der Waals surface area (Å²) in [6.07, 6.45) is 1.62. The molecule has 23 heavy (non-hydrogen) atoms. The van der Waals surface area contributed by atoms with Crippen LogP contribution in [0.1, 0.15) is 5.56 Å². The number of hydrogen-bond donors (Lipinski definition) is 1. The molecule has 1 heterocycles. The Morgan fingerprint density at radius 1 is 1.17 bits per heavy atom. The van der Waals surface area contributed by atoms with E-state index in [1.165, 1.54) is 0 Å². The van der Waals surface area contributed by atoms with Gasteiger partial charge in [-0.15, -0.1) is 0 Å². The molecule has 0 saturated carbocycles. The standard InChI is InChI=1S/C18H15AsN4/c1-23(2)15-5-3-4-14(9-15)22-18-12(10-20)11-21-17-7-6-13(19)8-16(17)18/h3-9,11H,1-2H3,(H,21,22). The average Bonchev–Trinajstić information content (AvgIpc) is 2.55. The summed E-state index contributed by atoms with van der Waals surface area (Å²) in [6, 6.07) is 16.3. The third-order valence-corrected chi connectivity index (χ3v) is 4.19. The topological polar surface area (TPSA) is 52.0 Å². The number of hydrogen-bond acceptors (Lipinski definition) is 4. The SMILES string of the molecule is CN(C)c1cccc(Nc2c(C#N)cnc3ccc([As])cc23)c1. The van der Waals surface area contributed by atoms with Crippen LogP contribution in [-0.2, 0) is 0 Å². The number of rotatable bonds is 3. The zero-order valence-corrected chi connectivity index (χ0v) is 14.8. The number of pyridine rings is 1. The van der Waals surface area contributed by atoms with Crippen molar-refractivity contribution in [1.29, 1.82) is 5.26 Å². The monoisotopic (exact) mass is 362 g/mol. The van der Waals surface area contributed by atoms with Crippen molar-refractivity contribution in [2.45, 2.75) is 0 Å². The second kappa shape index (κ2) is 6.32. The molecule has 0 unspecified atom stereocenters. The quantitative estimate of drug-likeness (QED) is 0.728. The summed E-state index contributed by atoms with van der Waals surface area (Å²) in [4.78, 5) is 6.41. The number of nitrogens with one attached hydrogen (secondary N) is 1. The summed E-state index contributed by atoms with van der Waals surface area (Å²) in [5.41, 5.74) is 4.23. The van der Waals surface area contributed by atoms with E-state index in [0.717, 1.165) is 32.3 Å². The van der Waals surface area contributed by atoms with Gasteiger partial charge in [0.25, 0.3) is 0 Å². The summed E-state index contributed by atoms with van der Waals surface area (Å²) in [5, 5.41) is 13.8. The molecule has 4 nitrogen and oxygen atoms in total. The number of nitriles is 1. The molecule has 3 rings (SSSR count). The van der Waals surface area contributed by atoms with Crippen LogP contribution in [0.3, 0.4) is 0 Å². The van der Waals surface area contributed by atoms with Crippen LogP contribution in [0, 0.1) is 11.3 Å². The van der Waals surface area contributed by atoms with Gasteiger partial charge in [0.15, 0.2) is 0 Å². The first-order chi connectivity index (χ1) is 11.1. The normalized spacial score (nSPS) is 10.3. The van der Waals surface area contributed by atoms with Gasteiger partial charge in [0, 0.05) is 0 Å². The van der Waals surface area contributed by atoms with Crippen molar-refractivity contribution in [3.63, 3.8) is 0 Å². The maximum absolute atomic E-state index is 9.43. The Bertz CT molecular complexity index is 913. The Morgan fingerprint density at radius 3 is 2.74 bits per heavy atom. The molecule has 0 saturated heterocycles. The number of nitrogens with zero attached hydrogens (tertiary/aromatic N) is 3. The first kappa shape index (κ1) is 15.4. The van der Waals surface area contributed by atoms with Gasteiger partial charge >= 0.3 is 144 Å². The zero-order valence-electron chi connectivity index (χ0n) is 12.9. The van der Waals surface area contributed by atoms with Gasteiger partial charge < -0.3 is 0 Å². The van der Waals surface area contributed by atoms with E-state index in [4.69, 9.17) is 0 Å². The molecule has 3 aromatic rings. The Labute approximate surface area is 144 Å². The van der Waals surface area contributed by atoms with Crippen molar-refractivity contribution in [3.8, 4) is 6.07 Å². The number of benzene rings is 2. The van der Waals surface area contributed by atoms with Gasteiger partial charge in [-0.25, -0.2) is 0 Å². The molecule has 0 atom stereocenters. The van der Waals surface area contributed by atoms with E-state index in [0.29, 0.717) is 5.56 Å². The molecule has 5 heteroatoms. The van der Waals surface area contributed by atoms with Crippen molar-refractivity contribution >= 4 is 49.2 Å². The van der Waals surface area contributed by atoms with Gasteiger partial charge in [-0.3, -0.25) is 0 Å². The molecule has 0 spiro atoms. The molecule has 2 aromatic carbocycles. The van der Waals surface area contributed by atoms with E-state index in [9.17, 15) is 5.26 Å². The van der Waals surface area contributed by atoms with Crippen LogP contribution in [0.15, 0.2) is 48.7 Å². The molecule has 0 aliphatic carbocycles. The second-order valence-corrected chi connectivity index (χ2v) is 6.51. The fourth-order valence-electron chi connectivity index (χ4n) is 2.41. The van der Waals surface area contributed by atoms with Crippen molar-refractivity contribution in [1.82, 2.24) is 4.98 Å². The van der Waals surface area contributed by atoms with Gasteiger partial charge in [0.1, 0.15) is 0 Å². The molecule has 0 fully saturated rings. The Kier molecular flexibility index (Phi) is 4.23. The number of anilines is 3. The maximum atomic E-state index is 9.43. The zero-order chi connectivity index (χ0) is 16.4. The first-order valence-electron chi connectivity index (χ1n) is 7.15. The van der Waals surface area contributed by atoms with E-state index < -0.39 is 0 Å². The van der Waals surface area contributed by atoms with Crippen LogP contribution in [-0.4, -0.2) is 35.9 Å².